The van der Waals surface area contributed by atoms with E-state index in [4.69, 9.17) is 0 Å². The number of nitrogens with zero attached hydrogens (tertiary/aromatic N) is 2. The Morgan fingerprint density at radius 1 is 0.525 bits per heavy atom. The van der Waals surface area contributed by atoms with Crippen LogP contribution in [-0.4, -0.2) is 49.2 Å². The molecule has 0 aliphatic carbocycles. The maximum Gasteiger partial charge on any atom is 0.104 e. The molecule has 40 heavy (non-hydrogen) atoms. The Hall–Kier alpha value is -2.64. The molecular formula is C37H64MdN2. The summed E-state index contributed by atoms with van der Waals surface area (Å²) >= 11 is 0. The summed E-state index contributed by atoms with van der Waals surface area (Å²) < 4.78 is 2.42. The number of rotatable bonds is 8. The van der Waals surface area contributed by atoms with E-state index in [9.17, 15) is 0 Å². The van der Waals surface area contributed by atoms with Crippen LogP contribution in [0, 0.1) is 12.8 Å². The van der Waals surface area contributed by atoms with Gasteiger partial charge in [0.15, 0.2) is 0 Å². The number of likely N-dealkylation sites (tertiary alicyclic amines) is 2. The van der Waals surface area contributed by atoms with Crippen molar-refractivity contribution in [2.75, 3.05) is 40.3 Å². The molecule has 1 radical (unpaired) electrons. The first-order valence-corrected chi connectivity index (χ1v) is 16.3. The first kappa shape index (κ1) is 37.4. The smallest absolute Gasteiger partial charge is 0.104 e. The van der Waals surface area contributed by atoms with Crippen LogP contribution in [0.2, 0.25) is 0 Å². The summed E-state index contributed by atoms with van der Waals surface area (Å²) in [7, 11) is 4.78. The van der Waals surface area contributed by atoms with Crippen LogP contribution in [0.5, 0.6) is 0 Å². The molecule has 0 N–H and O–H groups in total. The average molecular weight is 795 g/mol. The average Bonchev–Trinajstić information content (AvgIpc) is 2.96. The standard InChI is InChI=1S/2C15H23N.C5H12.C2H6.Md/c2*1-3-14-7-9-15(10-8-14)13-16(2)11-5-4-6-12-16;1-3-5-4-2;1-2;/h2*4,7-10H,3,5-6,11-13H2,1-2H3;3-5H2,1-2H3;1-2H3;. The van der Waals surface area contributed by atoms with E-state index < -0.39 is 0 Å². The normalized spacial score (nSPS) is 16.9. The number of aryl methyl sites for hydroxylation is 2. The first-order valence-electron chi connectivity index (χ1n) is 16.3. The van der Waals surface area contributed by atoms with Crippen LogP contribution < -0.4 is 0 Å². The Balaban J connectivity index is 0.000000607. The summed E-state index contributed by atoms with van der Waals surface area (Å²) in [4.78, 5) is 0. The molecule has 0 spiro atoms. The molecule has 235 valence electrons. The Morgan fingerprint density at radius 2 is 0.800 bits per heavy atom. The molecule has 2 nitrogen and oxygen atoms in total. The van der Waals surface area contributed by atoms with Crippen LogP contribution in [0.4, 0.5) is 0 Å². The van der Waals surface area contributed by atoms with Gasteiger partial charge in [0.05, 0.1) is 40.3 Å². The van der Waals surface area contributed by atoms with Crippen molar-refractivity contribution in [1.82, 2.24) is 0 Å². The van der Waals surface area contributed by atoms with Crippen LogP contribution in [0.15, 0.2) is 48.5 Å². The summed E-state index contributed by atoms with van der Waals surface area (Å²) in [6.07, 6.45) is 16.3. The number of unbranched alkanes of at least 4 members (excludes halogenated alkanes) is 2. The zero-order chi connectivity index (χ0) is 29.0. The van der Waals surface area contributed by atoms with Crippen LogP contribution in [0.3, 0.4) is 0 Å². The SMILES string of the molecule is CC.CCCCC.CCc1ccc(C[N+]2(C)CC[CH-]CC2)cc1.CCc1ccc(C[N+]2(C)CC[CH-]CC2)cc1.[Md]. The summed E-state index contributed by atoms with van der Waals surface area (Å²) in [6, 6.07) is 18.3. The van der Waals surface area contributed by atoms with Gasteiger partial charge in [-0.25, -0.2) is 0 Å². The van der Waals surface area contributed by atoms with E-state index in [2.05, 4.69) is 103 Å². The molecule has 2 saturated heterocycles. The monoisotopic (exact) mass is 795 g/mol. The Kier molecular flexibility index (Phi) is 19.8. The third-order valence-electron chi connectivity index (χ3n) is 8.19. The zero-order valence-corrected chi connectivity index (χ0v) is 29.9. The fourth-order valence-electron chi connectivity index (χ4n) is 5.44. The van der Waals surface area contributed by atoms with Gasteiger partial charge in [-0.05, 0) is 24.0 Å². The molecule has 2 aliphatic heterocycles. The minimum absolute atomic E-state index is 0. The molecule has 0 aromatic heterocycles. The van der Waals surface area contributed by atoms with E-state index in [0.29, 0.717) is 0 Å². The maximum absolute atomic E-state index is 2.43. The fourth-order valence-corrected chi connectivity index (χ4v) is 5.44. The van der Waals surface area contributed by atoms with Crippen molar-refractivity contribution >= 4 is 0 Å². The van der Waals surface area contributed by atoms with Gasteiger partial charge < -0.3 is 21.8 Å². The third kappa shape index (κ3) is 14.7. The second kappa shape index (κ2) is 21.2. The molecule has 0 bridgehead atoms. The minimum atomic E-state index is 0. The molecule has 2 fully saturated rings. The molecule has 0 amide bonds. The number of piperidine rings is 2. The molecule has 3 heteroatoms. The van der Waals surface area contributed by atoms with Gasteiger partial charge in [-0.15, -0.1) is 25.7 Å². The first-order chi connectivity index (χ1) is 18.8. The zero-order valence-electron chi connectivity index (χ0n) is 27.6. The van der Waals surface area contributed by atoms with E-state index in [-0.39, 0.29) is 0 Å². The second-order valence-electron chi connectivity index (χ2n) is 11.9. The largest absolute Gasteiger partial charge is 0.327 e. The molecule has 0 unspecified atom stereocenters. The van der Waals surface area contributed by atoms with Crippen molar-refractivity contribution in [3.05, 3.63) is 83.6 Å². The van der Waals surface area contributed by atoms with Crippen LogP contribution in [0.1, 0.15) is 109 Å². The maximum atomic E-state index is 2.43. The van der Waals surface area contributed by atoms with Gasteiger partial charge in [-0.1, -0.05) is 109 Å². The number of benzene rings is 2. The molecule has 0 atom stereocenters. The number of hydrogen-bond donors (Lipinski definition) is 0. The van der Waals surface area contributed by atoms with Gasteiger partial charge in [-0.3, -0.25) is 0 Å². The topological polar surface area (TPSA) is 0 Å². The molecule has 4 rings (SSSR count). The fraction of sp³-hybridized carbons (Fsp3) is 0.622. The van der Waals surface area contributed by atoms with E-state index in [1.807, 2.05) is 13.8 Å². The Bertz CT molecular complexity index is 760. The van der Waals surface area contributed by atoms with Crippen molar-refractivity contribution in [3.63, 3.8) is 0 Å². The second-order valence-corrected chi connectivity index (χ2v) is 11.9. The van der Waals surface area contributed by atoms with Gasteiger partial charge in [0.1, 0.15) is 13.1 Å². The number of quaternary nitrogens is 2. The van der Waals surface area contributed by atoms with E-state index in [0.717, 1.165) is 12.8 Å². The van der Waals surface area contributed by atoms with Crippen molar-refractivity contribution < 1.29 is 8.97 Å². The molecular weight excluding hydrogens is 730 g/mol. The van der Waals surface area contributed by atoms with Gasteiger partial charge in [0.25, 0.3) is 0 Å². The molecule has 2 heterocycles. The van der Waals surface area contributed by atoms with Crippen LogP contribution >= 0.6 is 0 Å². The van der Waals surface area contributed by atoms with Gasteiger partial charge in [0, 0.05) is 11.1 Å². The van der Waals surface area contributed by atoms with Gasteiger partial charge in [0.2, 0.25) is 0 Å². The summed E-state index contributed by atoms with van der Waals surface area (Å²) in [5.41, 5.74) is 5.86. The van der Waals surface area contributed by atoms with Crippen molar-refractivity contribution in [3.8, 4) is 0 Å². The van der Waals surface area contributed by atoms with Crippen molar-refractivity contribution in [1.29, 1.82) is 0 Å². The molecule has 2 aromatic carbocycles. The molecule has 2 aliphatic rings. The minimum Gasteiger partial charge on any atom is -0.327 e. The number of hydrogen-bond acceptors (Lipinski definition) is 0. The Labute approximate surface area is 245 Å². The summed E-state index contributed by atoms with van der Waals surface area (Å²) in [6.45, 7) is 20.4. The van der Waals surface area contributed by atoms with E-state index in [1.165, 1.54) is 115 Å². The molecule has 0 saturated carbocycles. The Morgan fingerprint density at radius 3 is 1.02 bits per heavy atom. The van der Waals surface area contributed by atoms with E-state index >= 15 is 0 Å². The predicted molar refractivity (Wildman–Crippen MR) is 174 cm³/mol. The van der Waals surface area contributed by atoms with Gasteiger partial charge in [-0.2, -0.15) is 0 Å². The van der Waals surface area contributed by atoms with Crippen molar-refractivity contribution in [2.45, 2.75) is 112 Å². The van der Waals surface area contributed by atoms with Gasteiger partial charge >= 0.3 is 0 Å². The summed E-state index contributed by atoms with van der Waals surface area (Å²) in [5.74, 6) is 0. The van der Waals surface area contributed by atoms with Crippen LogP contribution in [-0.2, 0) is 25.9 Å². The van der Waals surface area contributed by atoms with Crippen molar-refractivity contribution in [2.24, 2.45) is 0 Å². The van der Waals surface area contributed by atoms with E-state index in [1.54, 1.807) is 0 Å². The third-order valence-corrected chi connectivity index (χ3v) is 8.19. The quantitative estimate of drug-likeness (QED) is 0.185. The predicted octanol–water partition coefficient (Wildman–Crippen LogP) is 9.61. The van der Waals surface area contributed by atoms with Crippen LogP contribution in [0.25, 0.3) is 0 Å². The summed E-state index contributed by atoms with van der Waals surface area (Å²) in [5, 5.41) is 0. The molecule has 2 aromatic rings.